The normalized spacial score (nSPS) is 10.9. The van der Waals surface area contributed by atoms with Crippen LogP contribution in [0.25, 0.3) is 0 Å². The molecule has 30 heavy (non-hydrogen) atoms. The average molecular weight is 427 g/mol. The van der Waals surface area contributed by atoms with Gasteiger partial charge in [-0.05, 0) is 30.0 Å². The van der Waals surface area contributed by atoms with Crippen molar-refractivity contribution in [3.63, 3.8) is 0 Å². The van der Waals surface area contributed by atoms with Crippen molar-refractivity contribution < 1.29 is 18.9 Å². The van der Waals surface area contributed by atoms with Gasteiger partial charge in [0.05, 0.1) is 10.7 Å². The third-order valence-electron chi connectivity index (χ3n) is 4.30. The molecule has 0 saturated heterocycles. The molecule has 156 valence electrons. The maximum atomic E-state index is 12.3. The number of benzene rings is 2. The number of ether oxygens (including phenoxy) is 1. The monoisotopic (exact) mass is 427 g/mol. The highest BCUT2D eigenvalue weighted by molar-refractivity contribution is 7.99. The standard InChI is InChI=1S/C21H21N3O5S/c1-13(2)17-8-7-14(3)9-19(17)28-11-20-22-23-21(29-20)30-12-18(25)15-5-4-6-16(10-15)24(26)27/h4-10,13H,11-12H2,1-3H3. The van der Waals surface area contributed by atoms with E-state index in [-0.39, 0.29) is 34.6 Å². The third kappa shape index (κ3) is 5.44. The first-order valence-corrected chi connectivity index (χ1v) is 10.3. The van der Waals surface area contributed by atoms with Gasteiger partial charge in [0, 0.05) is 17.7 Å². The van der Waals surface area contributed by atoms with Crippen molar-refractivity contribution in [1.82, 2.24) is 10.2 Å². The van der Waals surface area contributed by atoms with Crippen LogP contribution in [-0.2, 0) is 6.61 Å². The van der Waals surface area contributed by atoms with E-state index >= 15 is 0 Å². The molecule has 0 radical (unpaired) electrons. The van der Waals surface area contributed by atoms with Crippen LogP contribution in [0.3, 0.4) is 0 Å². The van der Waals surface area contributed by atoms with E-state index in [2.05, 4.69) is 24.0 Å². The first kappa shape index (κ1) is 21.5. The van der Waals surface area contributed by atoms with E-state index in [9.17, 15) is 14.9 Å². The van der Waals surface area contributed by atoms with Gasteiger partial charge >= 0.3 is 0 Å². The maximum absolute atomic E-state index is 12.3. The summed E-state index contributed by atoms with van der Waals surface area (Å²) in [5.41, 5.74) is 2.33. The molecule has 0 unspecified atom stereocenters. The van der Waals surface area contributed by atoms with Crippen LogP contribution in [0.4, 0.5) is 5.69 Å². The lowest BCUT2D eigenvalue weighted by atomic mass is 10.0. The minimum atomic E-state index is -0.535. The summed E-state index contributed by atoms with van der Waals surface area (Å²) in [4.78, 5) is 22.6. The predicted octanol–water partition coefficient (Wildman–Crippen LogP) is 4.96. The van der Waals surface area contributed by atoms with Gasteiger partial charge < -0.3 is 9.15 Å². The van der Waals surface area contributed by atoms with Gasteiger partial charge in [-0.3, -0.25) is 14.9 Å². The van der Waals surface area contributed by atoms with Crippen LogP contribution in [0.15, 0.2) is 52.1 Å². The molecule has 0 N–H and O–H groups in total. The molecule has 2 aromatic carbocycles. The summed E-state index contributed by atoms with van der Waals surface area (Å²) >= 11 is 1.08. The van der Waals surface area contributed by atoms with Crippen molar-refractivity contribution in [2.45, 2.75) is 38.5 Å². The first-order chi connectivity index (χ1) is 14.3. The predicted molar refractivity (Wildman–Crippen MR) is 112 cm³/mol. The molecule has 0 amide bonds. The molecule has 3 aromatic rings. The highest BCUT2D eigenvalue weighted by Crippen LogP contribution is 2.28. The summed E-state index contributed by atoms with van der Waals surface area (Å²) in [6.45, 7) is 6.31. The minimum Gasteiger partial charge on any atom is -0.484 e. The quantitative estimate of drug-likeness (QED) is 0.204. The van der Waals surface area contributed by atoms with Gasteiger partial charge in [0.15, 0.2) is 12.4 Å². The maximum Gasteiger partial charge on any atom is 0.277 e. The minimum absolute atomic E-state index is 0.0268. The number of thioether (sulfide) groups is 1. The van der Waals surface area contributed by atoms with Gasteiger partial charge in [0.25, 0.3) is 16.8 Å². The van der Waals surface area contributed by atoms with Crippen LogP contribution >= 0.6 is 11.8 Å². The number of nitrogens with zero attached hydrogens (tertiary/aromatic N) is 3. The van der Waals surface area contributed by atoms with Gasteiger partial charge in [-0.15, -0.1) is 10.2 Å². The number of Topliss-reactive ketones (excluding diaryl/α,β-unsaturated/α-hetero) is 1. The summed E-state index contributed by atoms with van der Waals surface area (Å²) in [5.74, 6) is 1.16. The van der Waals surface area contributed by atoms with Crippen molar-refractivity contribution in [2.75, 3.05) is 5.75 Å². The van der Waals surface area contributed by atoms with Gasteiger partial charge in [0.2, 0.25) is 0 Å². The van der Waals surface area contributed by atoms with E-state index in [1.165, 1.54) is 24.3 Å². The lowest BCUT2D eigenvalue weighted by Gasteiger charge is -2.13. The molecule has 3 rings (SSSR count). The Bertz CT molecular complexity index is 1060. The summed E-state index contributed by atoms with van der Waals surface area (Å²) < 4.78 is 11.4. The van der Waals surface area contributed by atoms with E-state index in [0.29, 0.717) is 11.8 Å². The van der Waals surface area contributed by atoms with E-state index in [4.69, 9.17) is 9.15 Å². The van der Waals surface area contributed by atoms with Crippen LogP contribution in [0.1, 0.15) is 47.1 Å². The molecular weight excluding hydrogens is 406 g/mol. The molecule has 0 aliphatic carbocycles. The van der Waals surface area contributed by atoms with E-state index in [1.807, 2.05) is 25.1 Å². The zero-order valence-corrected chi connectivity index (χ0v) is 17.6. The summed E-state index contributed by atoms with van der Waals surface area (Å²) in [6, 6.07) is 11.7. The van der Waals surface area contributed by atoms with Crippen LogP contribution in [-0.4, -0.2) is 26.7 Å². The first-order valence-electron chi connectivity index (χ1n) is 9.29. The van der Waals surface area contributed by atoms with Crippen LogP contribution in [0.2, 0.25) is 0 Å². The Morgan fingerprint density at radius 3 is 2.77 bits per heavy atom. The van der Waals surface area contributed by atoms with Crippen molar-refractivity contribution in [3.05, 3.63) is 75.2 Å². The SMILES string of the molecule is Cc1ccc(C(C)C)c(OCc2nnc(SCC(=O)c3cccc([N+](=O)[O-])c3)o2)c1. The Morgan fingerprint density at radius 1 is 1.23 bits per heavy atom. The molecule has 1 heterocycles. The molecule has 0 spiro atoms. The number of carbonyl (C=O) groups excluding carboxylic acids is 1. The molecule has 0 fully saturated rings. The van der Waals surface area contributed by atoms with Gasteiger partial charge in [-0.25, -0.2) is 0 Å². The fourth-order valence-electron chi connectivity index (χ4n) is 2.74. The van der Waals surface area contributed by atoms with Gasteiger partial charge in [-0.1, -0.05) is 49.9 Å². The number of aryl methyl sites for hydroxylation is 1. The smallest absolute Gasteiger partial charge is 0.277 e. The second-order valence-corrected chi connectivity index (χ2v) is 7.89. The molecule has 0 saturated carbocycles. The number of rotatable bonds is 9. The second-order valence-electron chi connectivity index (χ2n) is 6.97. The number of hydrogen-bond donors (Lipinski definition) is 0. The zero-order valence-electron chi connectivity index (χ0n) is 16.8. The average Bonchev–Trinajstić information content (AvgIpc) is 3.18. The molecule has 9 heteroatoms. The van der Waals surface area contributed by atoms with Crippen molar-refractivity contribution in [1.29, 1.82) is 0 Å². The Kier molecular flexibility index (Phi) is 6.83. The fraction of sp³-hybridized carbons (Fsp3) is 0.286. The zero-order chi connectivity index (χ0) is 21.7. The molecule has 8 nitrogen and oxygen atoms in total. The molecular formula is C21H21N3O5S. The Hall–Kier alpha value is -3.20. The van der Waals surface area contributed by atoms with Gasteiger partial charge in [-0.2, -0.15) is 0 Å². The lowest BCUT2D eigenvalue weighted by molar-refractivity contribution is -0.384. The highest BCUT2D eigenvalue weighted by Gasteiger charge is 2.15. The number of aromatic nitrogens is 2. The number of hydrogen-bond acceptors (Lipinski definition) is 8. The van der Waals surface area contributed by atoms with Crippen LogP contribution < -0.4 is 4.74 Å². The molecule has 0 aliphatic rings. The van der Waals surface area contributed by atoms with E-state index in [1.54, 1.807) is 0 Å². The Balaban J connectivity index is 1.58. The van der Waals surface area contributed by atoms with Crippen molar-refractivity contribution >= 4 is 23.2 Å². The molecule has 0 aliphatic heterocycles. The number of carbonyl (C=O) groups is 1. The highest BCUT2D eigenvalue weighted by atomic mass is 32.2. The number of nitro benzene ring substituents is 1. The number of non-ortho nitro benzene ring substituents is 1. The molecule has 0 bridgehead atoms. The number of ketones is 1. The van der Waals surface area contributed by atoms with Crippen LogP contribution in [0.5, 0.6) is 5.75 Å². The molecule has 0 atom stereocenters. The largest absolute Gasteiger partial charge is 0.484 e. The molecule has 1 aromatic heterocycles. The van der Waals surface area contributed by atoms with Crippen molar-refractivity contribution in [3.8, 4) is 5.75 Å². The van der Waals surface area contributed by atoms with Gasteiger partial charge in [0.1, 0.15) is 5.75 Å². The number of nitro groups is 1. The van der Waals surface area contributed by atoms with Crippen LogP contribution in [0, 0.1) is 17.0 Å². The topological polar surface area (TPSA) is 108 Å². The second kappa shape index (κ2) is 9.53. The third-order valence-corrected chi connectivity index (χ3v) is 5.11. The fourth-order valence-corrected chi connectivity index (χ4v) is 3.42. The van der Waals surface area contributed by atoms with E-state index < -0.39 is 4.92 Å². The summed E-state index contributed by atoms with van der Waals surface area (Å²) in [6.07, 6.45) is 0. The summed E-state index contributed by atoms with van der Waals surface area (Å²) in [5, 5.41) is 19.0. The van der Waals surface area contributed by atoms with Crippen molar-refractivity contribution in [2.24, 2.45) is 0 Å². The Morgan fingerprint density at radius 2 is 2.03 bits per heavy atom. The Labute approximate surface area is 177 Å². The van der Waals surface area contributed by atoms with E-state index in [0.717, 1.165) is 28.6 Å². The summed E-state index contributed by atoms with van der Waals surface area (Å²) in [7, 11) is 0. The lowest BCUT2D eigenvalue weighted by Crippen LogP contribution is -2.03.